The van der Waals surface area contributed by atoms with Gasteiger partial charge >= 0.3 is 0 Å². The molecule has 0 radical (unpaired) electrons. The highest BCUT2D eigenvalue weighted by Crippen LogP contribution is 2.35. The number of methoxy groups -OCH3 is 1. The minimum Gasteiger partial charge on any atom is -0.493 e. The number of Topliss-reactive ketones (excluding diaryl/α,β-unsaturated/α-hetero) is 1. The van der Waals surface area contributed by atoms with E-state index in [-0.39, 0.29) is 36.1 Å². The molecule has 40 heavy (non-hydrogen) atoms. The number of ketones is 2. The molecule has 204 valence electrons. The van der Waals surface area contributed by atoms with E-state index in [0.717, 1.165) is 37.7 Å². The maximum absolute atomic E-state index is 12.8. The van der Waals surface area contributed by atoms with Crippen molar-refractivity contribution in [3.05, 3.63) is 66.2 Å². The van der Waals surface area contributed by atoms with Crippen LogP contribution >= 0.6 is 0 Å². The number of rotatable bonds is 9. The zero-order chi connectivity index (χ0) is 27.7. The molecule has 0 atom stereocenters. The molecule has 1 aromatic heterocycles. The molecule has 2 aliphatic rings. The van der Waals surface area contributed by atoms with E-state index in [0.29, 0.717) is 29.0 Å². The Morgan fingerprint density at radius 3 is 2.65 bits per heavy atom. The summed E-state index contributed by atoms with van der Waals surface area (Å²) in [6, 6.07) is 13.0. The molecule has 1 fully saturated rings. The molecule has 0 amide bonds. The second kappa shape index (κ2) is 13.0. The number of allylic oxidation sites excluding steroid dienone is 2. The van der Waals surface area contributed by atoms with Crippen LogP contribution in [0.15, 0.2) is 65.6 Å². The molecular formula is C31H30N4O5. The summed E-state index contributed by atoms with van der Waals surface area (Å²) in [7, 11) is 1.56. The number of fused-ring (bicyclic) bond motifs is 1. The maximum Gasteiger partial charge on any atom is 0.204 e. The first kappa shape index (κ1) is 27.0. The van der Waals surface area contributed by atoms with Gasteiger partial charge in [-0.05, 0) is 50.6 Å². The summed E-state index contributed by atoms with van der Waals surface area (Å²) in [5.41, 5.74) is 1.51. The zero-order valence-electron chi connectivity index (χ0n) is 22.4. The maximum atomic E-state index is 12.8. The van der Waals surface area contributed by atoms with Gasteiger partial charge < -0.3 is 19.1 Å². The topological polar surface area (TPSA) is 103 Å². The number of nitrogens with zero attached hydrogens (tertiary/aromatic N) is 4. The van der Waals surface area contributed by atoms with Crippen LogP contribution in [0.25, 0.3) is 10.9 Å². The molecule has 0 unspecified atom stereocenters. The number of ether oxygens (including phenoxy) is 3. The van der Waals surface area contributed by atoms with Crippen LogP contribution in [-0.4, -0.2) is 72.1 Å². The Bertz CT molecular complexity index is 1520. The Balaban J connectivity index is 1.28. The second-order valence-corrected chi connectivity index (χ2v) is 9.46. The Hall–Kier alpha value is -4.55. The summed E-state index contributed by atoms with van der Waals surface area (Å²) < 4.78 is 17.0. The fourth-order valence-corrected chi connectivity index (χ4v) is 4.62. The van der Waals surface area contributed by atoms with E-state index in [2.05, 4.69) is 31.7 Å². The van der Waals surface area contributed by atoms with Crippen molar-refractivity contribution in [1.82, 2.24) is 14.9 Å². The van der Waals surface area contributed by atoms with E-state index in [1.54, 1.807) is 19.2 Å². The van der Waals surface area contributed by atoms with Gasteiger partial charge in [0.2, 0.25) is 11.6 Å². The standard InChI is InChI=1S/C31H30N4O5/c1-38-29-17-23-24(19-30(29)40-16-8-14-35-12-5-6-13-35)32-21-33-31(23)34-25-18-27(37)28(20-26(25)36)39-15-7-11-22-9-3-2-4-10-22/h2-4,9-10,17,19-21H,5-6,8,12-16,18H2,1H3. The lowest BCUT2D eigenvalue weighted by molar-refractivity contribution is -0.119. The average Bonchev–Trinajstić information content (AvgIpc) is 3.50. The molecule has 1 aliphatic heterocycles. The highest BCUT2D eigenvalue weighted by molar-refractivity contribution is 6.50. The molecule has 2 aromatic carbocycles. The van der Waals surface area contributed by atoms with Crippen molar-refractivity contribution in [3.63, 3.8) is 0 Å². The largest absolute Gasteiger partial charge is 0.493 e. The van der Waals surface area contributed by atoms with Gasteiger partial charge in [-0.1, -0.05) is 30.0 Å². The monoisotopic (exact) mass is 538 g/mol. The van der Waals surface area contributed by atoms with E-state index in [4.69, 9.17) is 14.2 Å². The second-order valence-electron chi connectivity index (χ2n) is 9.46. The lowest BCUT2D eigenvalue weighted by atomic mass is 10.0. The number of likely N-dealkylation sites (tertiary alicyclic amines) is 1. The first-order valence-corrected chi connectivity index (χ1v) is 13.3. The van der Waals surface area contributed by atoms with Crippen LogP contribution in [0.5, 0.6) is 11.5 Å². The molecule has 3 aromatic rings. The third kappa shape index (κ3) is 6.71. The summed E-state index contributed by atoms with van der Waals surface area (Å²) in [4.78, 5) is 41.0. The summed E-state index contributed by atoms with van der Waals surface area (Å²) >= 11 is 0. The van der Waals surface area contributed by atoms with Crippen molar-refractivity contribution in [2.45, 2.75) is 25.7 Å². The van der Waals surface area contributed by atoms with E-state index in [1.165, 1.54) is 19.2 Å². The minimum absolute atomic E-state index is 0.00870. The smallest absolute Gasteiger partial charge is 0.204 e. The number of benzene rings is 2. The molecular weight excluding hydrogens is 508 g/mol. The fraction of sp³-hybridized carbons (Fsp3) is 0.323. The molecule has 5 rings (SSSR count). The van der Waals surface area contributed by atoms with Crippen LogP contribution < -0.4 is 9.47 Å². The summed E-state index contributed by atoms with van der Waals surface area (Å²) in [6.45, 7) is 3.87. The highest BCUT2D eigenvalue weighted by atomic mass is 16.5. The first-order valence-electron chi connectivity index (χ1n) is 13.3. The third-order valence-electron chi connectivity index (χ3n) is 6.67. The predicted octanol–water partition coefficient (Wildman–Crippen LogP) is 4.07. The van der Waals surface area contributed by atoms with Crippen LogP contribution in [-0.2, 0) is 14.3 Å². The number of aromatic nitrogens is 2. The van der Waals surface area contributed by atoms with Crippen molar-refractivity contribution in [2.24, 2.45) is 4.99 Å². The van der Waals surface area contributed by atoms with Gasteiger partial charge in [0, 0.05) is 29.6 Å². The van der Waals surface area contributed by atoms with Crippen LogP contribution in [0.2, 0.25) is 0 Å². The third-order valence-corrected chi connectivity index (χ3v) is 6.67. The van der Waals surface area contributed by atoms with Gasteiger partial charge in [0.15, 0.2) is 23.1 Å². The molecule has 9 heteroatoms. The Labute approximate surface area is 232 Å². The van der Waals surface area contributed by atoms with Gasteiger partial charge in [-0.2, -0.15) is 0 Å². The number of hydrogen-bond acceptors (Lipinski definition) is 9. The van der Waals surface area contributed by atoms with Gasteiger partial charge in [0.25, 0.3) is 0 Å². The van der Waals surface area contributed by atoms with E-state index in [9.17, 15) is 9.59 Å². The summed E-state index contributed by atoms with van der Waals surface area (Å²) in [5, 5.41) is 0.582. The molecule has 2 heterocycles. The van der Waals surface area contributed by atoms with Gasteiger partial charge in [0.05, 0.1) is 31.4 Å². The SMILES string of the molecule is COc1cc2c(N=C3CC(=O)C(OCC#Cc4ccccc4)=CC3=O)ncnc2cc1OCCCN1CCCC1. The molecule has 0 spiro atoms. The van der Waals surface area contributed by atoms with Crippen LogP contribution in [0.1, 0.15) is 31.2 Å². The van der Waals surface area contributed by atoms with Crippen molar-refractivity contribution >= 4 is 34.0 Å². The zero-order valence-corrected chi connectivity index (χ0v) is 22.4. The van der Waals surface area contributed by atoms with Crippen LogP contribution in [0.3, 0.4) is 0 Å². The highest BCUT2D eigenvalue weighted by Gasteiger charge is 2.26. The molecule has 9 nitrogen and oxygen atoms in total. The van der Waals surface area contributed by atoms with Crippen LogP contribution in [0, 0.1) is 11.8 Å². The van der Waals surface area contributed by atoms with Gasteiger partial charge in [-0.15, -0.1) is 0 Å². The van der Waals surface area contributed by atoms with E-state index < -0.39 is 5.78 Å². The quantitative estimate of drug-likeness (QED) is 0.297. The number of carbonyl (C=O) groups is 2. The Morgan fingerprint density at radius 2 is 1.85 bits per heavy atom. The molecule has 0 saturated carbocycles. The first-order chi connectivity index (χ1) is 19.6. The van der Waals surface area contributed by atoms with Gasteiger partial charge in [-0.3, -0.25) is 9.59 Å². The predicted molar refractivity (Wildman–Crippen MR) is 151 cm³/mol. The normalized spacial score (nSPS) is 16.5. The van der Waals surface area contributed by atoms with Crippen molar-refractivity contribution in [3.8, 4) is 23.3 Å². The molecule has 1 aliphatic carbocycles. The molecule has 0 N–H and O–H groups in total. The van der Waals surface area contributed by atoms with Crippen LogP contribution in [0.4, 0.5) is 5.82 Å². The Kier molecular flexibility index (Phi) is 8.79. The van der Waals surface area contributed by atoms with Crippen molar-refractivity contribution < 1.29 is 23.8 Å². The van der Waals surface area contributed by atoms with Gasteiger partial charge in [0.1, 0.15) is 12.9 Å². The lowest BCUT2D eigenvalue weighted by Crippen LogP contribution is -2.25. The minimum atomic E-state index is -0.415. The Morgan fingerprint density at radius 1 is 1.02 bits per heavy atom. The lowest BCUT2D eigenvalue weighted by Gasteiger charge is -2.16. The number of carbonyl (C=O) groups excluding carboxylic acids is 2. The van der Waals surface area contributed by atoms with E-state index in [1.807, 2.05) is 30.3 Å². The fourth-order valence-electron chi connectivity index (χ4n) is 4.62. The number of hydrogen-bond donors (Lipinski definition) is 0. The molecule has 1 saturated heterocycles. The van der Waals surface area contributed by atoms with E-state index >= 15 is 0 Å². The summed E-state index contributed by atoms with van der Waals surface area (Å²) in [5.74, 6) is 6.39. The van der Waals surface area contributed by atoms with Crippen molar-refractivity contribution in [2.75, 3.05) is 40.0 Å². The number of aliphatic imine (C=N–C) groups is 1. The summed E-state index contributed by atoms with van der Waals surface area (Å²) in [6.07, 6.45) is 5.78. The average molecular weight is 539 g/mol. The molecule has 0 bridgehead atoms. The van der Waals surface area contributed by atoms with Gasteiger partial charge in [-0.25, -0.2) is 15.0 Å². The van der Waals surface area contributed by atoms with Crippen molar-refractivity contribution in [1.29, 1.82) is 0 Å².